The Balaban J connectivity index is 1.31. The molecule has 1 aromatic heterocycles. The third kappa shape index (κ3) is 4.22. The summed E-state index contributed by atoms with van der Waals surface area (Å²) in [5.74, 6) is 0.767. The summed E-state index contributed by atoms with van der Waals surface area (Å²) in [6, 6.07) is 10.0. The van der Waals surface area contributed by atoms with Crippen LogP contribution in [0.25, 0.3) is 0 Å². The van der Waals surface area contributed by atoms with Crippen molar-refractivity contribution in [1.82, 2.24) is 4.98 Å². The molecule has 1 saturated heterocycles. The zero-order chi connectivity index (χ0) is 20.6. The second-order valence-corrected chi connectivity index (χ2v) is 10.7. The van der Waals surface area contributed by atoms with Crippen LogP contribution in [-0.2, 0) is 0 Å². The minimum Gasteiger partial charge on any atom is -0.356 e. The number of piperidine rings is 1. The normalized spacial score (nSPS) is 20.5. The number of hydrogen-bond acceptors (Lipinski definition) is 4. The third-order valence-electron chi connectivity index (χ3n) is 7.15. The molecule has 2 saturated carbocycles. The van der Waals surface area contributed by atoms with E-state index in [0.29, 0.717) is 16.2 Å². The summed E-state index contributed by atoms with van der Waals surface area (Å²) < 4.78 is 0. The Kier molecular flexibility index (Phi) is 5.48. The van der Waals surface area contributed by atoms with Crippen molar-refractivity contribution in [3.05, 3.63) is 47.7 Å². The number of rotatable bonds is 5. The predicted molar refractivity (Wildman–Crippen MR) is 125 cm³/mol. The van der Waals surface area contributed by atoms with Crippen molar-refractivity contribution in [2.24, 2.45) is 5.41 Å². The number of amides is 1. The van der Waals surface area contributed by atoms with Gasteiger partial charge in [-0.25, -0.2) is 4.98 Å². The van der Waals surface area contributed by atoms with Gasteiger partial charge in [0.15, 0.2) is 0 Å². The van der Waals surface area contributed by atoms with Crippen molar-refractivity contribution in [2.45, 2.75) is 68.4 Å². The summed E-state index contributed by atoms with van der Waals surface area (Å²) in [5.41, 5.74) is 3.45. The minimum absolute atomic E-state index is 0.0644. The number of nitrogens with zero attached hydrogens (tertiary/aromatic N) is 2. The number of thioether (sulfide) groups is 1. The Morgan fingerprint density at radius 2 is 1.90 bits per heavy atom. The van der Waals surface area contributed by atoms with E-state index >= 15 is 0 Å². The Labute approximate surface area is 183 Å². The molecule has 4 nitrogen and oxygen atoms in total. The average molecular weight is 422 g/mol. The van der Waals surface area contributed by atoms with Crippen LogP contribution < -0.4 is 10.2 Å². The van der Waals surface area contributed by atoms with E-state index in [2.05, 4.69) is 34.3 Å². The van der Waals surface area contributed by atoms with E-state index in [1.54, 1.807) is 6.20 Å². The first kappa shape index (κ1) is 19.9. The number of carbonyl (C=O) groups excluding carboxylic acids is 1. The summed E-state index contributed by atoms with van der Waals surface area (Å²) in [5, 5.41) is 3.86. The van der Waals surface area contributed by atoms with Crippen molar-refractivity contribution < 1.29 is 4.79 Å². The summed E-state index contributed by atoms with van der Waals surface area (Å²) in [7, 11) is 0. The van der Waals surface area contributed by atoms with Gasteiger partial charge in [0.05, 0.1) is 5.56 Å². The molecular weight excluding hydrogens is 390 g/mol. The lowest BCUT2D eigenvalue weighted by Crippen LogP contribution is -2.36. The molecule has 0 bridgehead atoms. The first-order valence-electron chi connectivity index (χ1n) is 11.4. The Hall–Kier alpha value is -2.01. The molecule has 2 aliphatic carbocycles. The van der Waals surface area contributed by atoms with Gasteiger partial charge in [0.25, 0.3) is 5.91 Å². The average Bonchev–Trinajstić information content (AvgIpc) is 3.31. The number of benzene rings is 1. The molecule has 5 rings (SSSR count). The molecule has 3 aliphatic rings. The molecule has 5 heteroatoms. The third-order valence-corrected chi connectivity index (χ3v) is 8.65. The van der Waals surface area contributed by atoms with Crippen molar-refractivity contribution in [3.63, 3.8) is 0 Å². The fraction of sp³-hybridized carbons (Fsp3) is 0.520. The summed E-state index contributed by atoms with van der Waals surface area (Å²) in [6.07, 6.45) is 12.3. The SMILES string of the molecule is Cc1ccc(NC(=O)c2cccnc2N2CCC3(CC2)CC3)cc1SC1CCCC1. The van der Waals surface area contributed by atoms with Crippen LogP contribution in [0.2, 0.25) is 0 Å². The smallest absolute Gasteiger partial charge is 0.259 e. The van der Waals surface area contributed by atoms with Gasteiger partial charge >= 0.3 is 0 Å². The fourth-order valence-corrected chi connectivity index (χ4v) is 6.26. The number of hydrogen-bond donors (Lipinski definition) is 1. The van der Waals surface area contributed by atoms with Gasteiger partial charge in [-0.2, -0.15) is 0 Å². The van der Waals surface area contributed by atoms with E-state index < -0.39 is 0 Å². The van der Waals surface area contributed by atoms with E-state index in [0.717, 1.165) is 24.6 Å². The van der Waals surface area contributed by atoms with Crippen molar-refractivity contribution in [2.75, 3.05) is 23.3 Å². The number of anilines is 2. The highest BCUT2D eigenvalue weighted by atomic mass is 32.2. The van der Waals surface area contributed by atoms with E-state index in [1.165, 1.54) is 61.8 Å². The topological polar surface area (TPSA) is 45.2 Å². The molecule has 2 heterocycles. The van der Waals surface area contributed by atoms with Crippen LogP contribution in [-0.4, -0.2) is 29.2 Å². The van der Waals surface area contributed by atoms with Gasteiger partial charge in [-0.15, -0.1) is 11.8 Å². The molecule has 0 atom stereocenters. The summed E-state index contributed by atoms with van der Waals surface area (Å²) >= 11 is 1.97. The minimum atomic E-state index is -0.0644. The number of aryl methyl sites for hydroxylation is 1. The van der Waals surface area contributed by atoms with E-state index in [-0.39, 0.29) is 5.91 Å². The zero-order valence-corrected chi connectivity index (χ0v) is 18.6. The fourth-order valence-electron chi connectivity index (χ4n) is 4.88. The van der Waals surface area contributed by atoms with Gasteiger partial charge in [0.2, 0.25) is 0 Å². The molecule has 3 fully saturated rings. The Morgan fingerprint density at radius 1 is 1.13 bits per heavy atom. The molecule has 1 amide bonds. The van der Waals surface area contributed by atoms with E-state index in [1.807, 2.05) is 30.0 Å². The van der Waals surface area contributed by atoms with Crippen LogP contribution >= 0.6 is 11.8 Å². The molecule has 30 heavy (non-hydrogen) atoms. The highest BCUT2D eigenvalue weighted by Crippen LogP contribution is 2.54. The van der Waals surface area contributed by atoms with Crippen LogP contribution in [0, 0.1) is 12.3 Å². The molecule has 0 unspecified atom stereocenters. The number of pyridine rings is 1. The first-order valence-corrected chi connectivity index (χ1v) is 12.3. The summed E-state index contributed by atoms with van der Waals surface area (Å²) in [6.45, 7) is 4.17. The van der Waals surface area contributed by atoms with E-state index in [9.17, 15) is 4.79 Å². The van der Waals surface area contributed by atoms with Crippen LogP contribution in [0.5, 0.6) is 0 Å². The molecule has 1 N–H and O–H groups in total. The maximum Gasteiger partial charge on any atom is 0.259 e. The highest BCUT2D eigenvalue weighted by molar-refractivity contribution is 8.00. The molecule has 2 aromatic rings. The van der Waals surface area contributed by atoms with Crippen LogP contribution in [0.1, 0.15) is 67.3 Å². The first-order chi connectivity index (χ1) is 14.6. The van der Waals surface area contributed by atoms with Crippen molar-refractivity contribution >= 4 is 29.2 Å². The maximum absolute atomic E-state index is 13.2. The maximum atomic E-state index is 13.2. The van der Waals surface area contributed by atoms with Gasteiger partial charge < -0.3 is 10.2 Å². The van der Waals surface area contributed by atoms with Crippen LogP contribution in [0.15, 0.2) is 41.4 Å². The summed E-state index contributed by atoms with van der Waals surface area (Å²) in [4.78, 5) is 21.4. The largest absolute Gasteiger partial charge is 0.356 e. The van der Waals surface area contributed by atoms with Crippen molar-refractivity contribution in [1.29, 1.82) is 0 Å². The van der Waals surface area contributed by atoms with Crippen LogP contribution in [0.3, 0.4) is 0 Å². The molecule has 158 valence electrons. The van der Waals surface area contributed by atoms with Crippen LogP contribution in [0.4, 0.5) is 11.5 Å². The quantitative estimate of drug-likeness (QED) is 0.637. The molecule has 1 spiro atoms. The zero-order valence-electron chi connectivity index (χ0n) is 17.8. The lowest BCUT2D eigenvalue weighted by atomic mass is 9.93. The van der Waals surface area contributed by atoms with Crippen molar-refractivity contribution in [3.8, 4) is 0 Å². The van der Waals surface area contributed by atoms with Gasteiger partial charge in [0, 0.05) is 35.1 Å². The van der Waals surface area contributed by atoms with E-state index in [4.69, 9.17) is 0 Å². The predicted octanol–water partition coefficient (Wildman–Crippen LogP) is 6.06. The lowest BCUT2D eigenvalue weighted by Gasteiger charge is -2.33. The number of nitrogens with one attached hydrogen (secondary N) is 1. The van der Waals surface area contributed by atoms with Gasteiger partial charge in [-0.3, -0.25) is 4.79 Å². The molecule has 1 aromatic carbocycles. The lowest BCUT2D eigenvalue weighted by molar-refractivity contribution is 0.102. The monoisotopic (exact) mass is 421 g/mol. The molecule has 1 aliphatic heterocycles. The number of carbonyl (C=O) groups is 1. The second-order valence-electron chi connectivity index (χ2n) is 9.32. The molecular formula is C25H31N3OS. The highest BCUT2D eigenvalue weighted by Gasteiger charge is 2.44. The van der Waals surface area contributed by atoms with Gasteiger partial charge in [-0.05, 0) is 80.7 Å². The Morgan fingerprint density at radius 3 is 2.63 bits per heavy atom. The second kappa shape index (κ2) is 8.26. The van der Waals surface area contributed by atoms with Gasteiger partial charge in [0.1, 0.15) is 5.82 Å². The number of aromatic nitrogens is 1. The Bertz CT molecular complexity index is 924. The van der Waals surface area contributed by atoms with Gasteiger partial charge in [-0.1, -0.05) is 18.9 Å². The standard InChI is InChI=1S/C25H31N3OS/c1-18-8-9-19(17-22(18)30-20-5-2-3-6-20)27-24(29)21-7-4-14-26-23(21)28-15-12-25(10-11-25)13-16-28/h4,7-9,14,17,20H,2-3,5-6,10-13,15-16H2,1H3,(H,27,29). The molecule has 0 radical (unpaired) electrons.